The molecular weight excluding hydrogens is 375 g/mol. The number of nitrogens with one attached hydrogen (secondary N) is 1. The monoisotopic (exact) mass is 394 g/mol. The molecule has 1 N–H and O–H groups in total. The summed E-state index contributed by atoms with van der Waals surface area (Å²) < 4.78 is 50.1. The van der Waals surface area contributed by atoms with Gasteiger partial charge in [0.25, 0.3) is 5.91 Å². The van der Waals surface area contributed by atoms with Gasteiger partial charge in [-0.15, -0.1) is 0 Å². The van der Waals surface area contributed by atoms with Crippen LogP contribution >= 0.6 is 0 Å². The lowest BCUT2D eigenvalue weighted by atomic mass is 10.2. The number of benzene rings is 2. The van der Waals surface area contributed by atoms with Gasteiger partial charge in [0, 0.05) is 12.6 Å². The van der Waals surface area contributed by atoms with Crippen molar-refractivity contribution in [1.82, 2.24) is 5.32 Å². The maximum Gasteiger partial charge on any atom is 0.254 e. The van der Waals surface area contributed by atoms with E-state index in [0.29, 0.717) is 30.4 Å². The zero-order chi connectivity index (χ0) is 19.4. The number of fused-ring (bicyclic) bond motifs is 1. The highest BCUT2D eigenvalue weighted by Gasteiger charge is 2.21. The Hall–Kier alpha value is -2.81. The van der Waals surface area contributed by atoms with Crippen LogP contribution in [0.5, 0.6) is 11.5 Å². The van der Waals surface area contributed by atoms with Gasteiger partial charge in [-0.3, -0.25) is 9.10 Å². The summed E-state index contributed by atoms with van der Waals surface area (Å²) in [4.78, 5) is 12.1. The van der Waals surface area contributed by atoms with Crippen LogP contribution < -0.4 is 19.1 Å². The van der Waals surface area contributed by atoms with Gasteiger partial charge in [-0.05, 0) is 24.3 Å². The first kappa shape index (κ1) is 19.0. The van der Waals surface area contributed by atoms with Gasteiger partial charge in [-0.2, -0.15) is 0 Å². The molecule has 0 spiro atoms. The lowest BCUT2D eigenvalue weighted by molar-refractivity contribution is 0.0951. The Morgan fingerprint density at radius 1 is 1.15 bits per heavy atom. The minimum atomic E-state index is -3.60. The third-order valence-electron chi connectivity index (χ3n) is 3.93. The molecule has 7 nitrogen and oxygen atoms in total. The van der Waals surface area contributed by atoms with Gasteiger partial charge >= 0.3 is 0 Å². The number of amides is 1. The summed E-state index contributed by atoms with van der Waals surface area (Å²) in [7, 11) is -3.60. The molecule has 2 aromatic rings. The fourth-order valence-electron chi connectivity index (χ4n) is 2.69. The summed E-state index contributed by atoms with van der Waals surface area (Å²) >= 11 is 0. The van der Waals surface area contributed by atoms with Gasteiger partial charge < -0.3 is 14.8 Å². The van der Waals surface area contributed by atoms with Gasteiger partial charge in [0.1, 0.15) is 19.0 Å². The van der Waals surface area contributed by atoms with Crippen LogP contribution in [-0.4, -0.2) is 46.9 Å². The van der Waals surface area contributed by atoms with E-state index in [1.54, 1.807) is 24.3 Å². The van der Waals surface area contributed by atoms with E-state index in [1.165, 1.54) is 18.2 Å². The molecule has 0 saturated carbocycles. The first-order valence-electron chi connectivity index (χ1n) is 8.26. The molecule has 9 heteroatoms. The molecule has 0 aromatic heterocycles. The molecule has 3 rings (SSSR count). The van der Waals surface area contributed by atoms with E-state index in [2.05, 4.69) is 5.32 Å². The number of carbonyl (C=O) groups excluding carboxylic acids is 1. The van der Waals surface area contributed by atoms with E-state index in [-0.39, 0.29) is 18.7 Å². The number of ether oxygens (including phenoxy) is 2. The molecule has 1 aliphatic rings. The number of hydrogen-bond donors (Lipinski definition) is 1. The van der Waals surface area contributed by atoms with Crippen LogP contribution in [-0.2, 0) is 10.0 Å². The lowest BCUT2D eigenvalue weighted by Gasteiger charge is -2.25. The highest BCUT2D eigenvalue weighted by Crippen LogP contribution is 2.34. The molecule has 0 radical (unpaired) electrons. The SMILES string of the molecule is CS(=O)(=O)N(CCNC(=O)c1ccccc1F)c1ccc2c(c1)OCCO2. The predicted molar refractivity (Wildman–Crippen MR) is 98.4 cm³/mol. The van der Waals surface area contributed by atoms with Crippen molar-refractivity contribution >= 4 is 21.6 Å². The zero-order valence-corrected chi connectivity index (χ0v) is 15.5. The Morgan fingerprint density at radius 2 is 1.85 bits per heavy atom. The van der Waals surface area contributed by atoms with E-state index in [0.717, 1.165) is 10.6 Å². The largest absolute Gasteiger partial charge is 0.486 e. The van der Waals surface area contributed by atoms with Crippen molar-refractivity contribution in [2.45, 2.75) is 0 Å². The minimum absolute atomic E-state index is 0.00861. The van der Waals surface area contributed by atoms with Gasteiger partial charge in [0.05, 0.1) is 24.1 Å². The zero-order valence-electron chi connectivity index (χ0n) is 14.6. The summed E-state index contributed by atoms with van der Waals surface area (Å²) in [5, 5.41) is 2.53. The summed E-state index contributed by atoms with van der Waals surface area (Å²) in [6.45, 7) is 0.811. The van der Waals surface area contributed by atoms with Crippen molar-refractivity contribution in [1.29, 1.82) is 0 Å². The van der Waals surface area contributed by atoms with Gasteiger partial charge in [-0.1, -0.05) is 12.1 Å². The number of rotatable bonds is 6. The summed E-state index contributed by atoms with van der Waals surface area (Å²) in [6.07, 6.45) is 1.07. The fourth-order valence-corrected chi connectivity index (χ4v) is 3.60. The van der Waals surface area contributed by atoms with Crippen molar-refractivity contribution in [3.8, 4) is 11.5 Å². The molecule has 27 heavy (non-hydrogen) atoms. The van der Waals surface area contributed by atoms with Crippen molar-refractivity contribution in [2.75, 3.05) is 36.9 Å². The van der Waals surface area contributed by atoms with Crippen LogP contribution in [0, 0.1) is 5.82 Å². The number of sulfonamides is 1. The van der Waals surface area contributed by atoms with Crippen LogP contribution in [0.4, 0.5) is 10.1 Å². The van der Waals surface area contributed by atoms with Crippen molar-refractivity contribution in [3.63, 3.8) is 0 Å². The topological polar surface area (TPSA) is 84.9 Å². The second kappa shape index (κ2) is 7.83. The summed E-state index contributed by atoms with van der Waals surface area (Å²) in [5.41, 5.74) is 0.296. The number of halogens is 1. The summed E-state index contributed by atoms with van der Waals surface area (Å²) in [6, 6.07) is 10.4. The molecule has 1 heterocycles. The molecule has 0 unspecified atom stereocenters. The quantitative estimate of drug-likeness (QED) is 0.808. The second-order valence-electron chi connectivity index (χ2n) is 5.90. The normalized spacial score (nSPS) is 13.1. The van der Waals surface area contributed by atoms with E-state index in [1.807, 2.05) is 0 Å². The molecular formula is C18H19FN2O5S. The predicted octanol–water partition coefficient (Wildman–Crippen LogP) is 1.79. The first-order chi connectivity index (χ1) is 12.9. The average molecular weight is 394 g/mol. The summed E-state index contributed by atoms with van der Waals surface area (Å²) in [5.74, 6) is -0.236. The van der Waals surface area contributed by atoms with Gasteiger partial charge in [0.15, 0.2) is 11.5 Å². The van der Waals surface area contributed by atoms with Crippen LogP contribution in [0.2, 0.25) is 0 Å². The molecule has 0 fully saturated rings. The van der Waals surface area contributed by atoms with Gasteiger partial charge in [0.2, 0.25) is 10.0 Å². The maximum absolute atomic E-state index is 13.6. The number of carbonyl (C=O) groups is 1. The molecule has 144 valence electrons. The minimum Gasteiger partial charge on any atom is -0.486 e. The smallest absolute Gasteiger partial charge is 0.254 e. The lowest BCUT2D eigenvalue weighted by Crippen LogP contribution is -2.38. The molecule has 1 aliphatic heterocycles. The van der Waals surface area contributed by atoms with Crippen molar-refractivity contribution in [2.24, 2.45) is 0 Å². The van der Waals surface area contributed by atoms with Crippen molar-refractivity contribution < 1.29 is 27.1 Å². The van der Waals surface area contributed by atoms with E-state index < -0.39 is 21.7 Å². The van der Waals surface area contributed by atoms with Crippen LogP contribution in [0.3, 0.4) is 0 Å². The first-order valence-corrected chi connectivity index (χ1v) is 10.1. The Kier molecular flexibility index (Phi) is 5.50. The highest BCUT2D eigenvalue weighted by atomic mass is 32.2. The molecule has 0 atom stereocenters. The fraction of sp³-hybridized carbons (Fsp3) is 0.278. The van der Waals surface area contributed by atoms with E-state index in [9.17, 15) is 17.6 Å². The maximum atomic E-state index is 13.6. The third-order valence-corrected chi connectivity index (χ3v) is 5.13. The molecule has 0 aliphatic carbocycles. The van der Waals surface area contributed by atoms with Crippen LogP contribution in [0.1, 0.15) is 10.4 Å². The standard InChI is InChI=1S/C18H19FN2O5S/c1-27(23,24)21(13-6-7-16-17(12-13)26-11-10-25-16)9-8-20-18(22)14-4-2-3-5-15(14)19/h2-7,12H,8-11H2,1H3,(H,20,22). The number of hydrogen-bond acceptors (Lipinski definition) is 5. The Labute approximate surface area is 156 Å². The number of nitrogens with zero attached hydrogens (tertiary/aromatic N) is 1. The van der Waals surface area contributed by atoms with E-state index in [4.69, 9.17) is 9.47 Å². The number of anilines is 1. The highest BCUT2D eigenvalue weighted by molar-refractivity contribution is 7.92. The Morgan fingerprint density at radius 3 is 2.56 bits per heavy atom. The Balaban J connectivity index is 1.71. The molecule has 2 aromatic carbocycles. The molecule has 1 amide bonds. The molecule has 0 saturated heterocycles. The van der Waals surface area contributed by atoms with Crippen LogP contribution in [0.25, 0.3) is 0 Å². The second-order valence-corrected chi connectivity index (χ2v) is 7.81. The molecule has 0 bridgehead atoms. The van der Waals surface area contributed by atoms with Gasteiger partial charge in [-0.25, -0.2) is 12.8 Å². The van der Waals surface area contributed by atoms with E-state index >= 15 is 0 Å². The average Bonchev–Trinajstić information content (AvgIpc) is 2.64. The van der Waals surface area contributed by atoms with Crippen LogP contribution in [0.15, 0.2) is 42.5 Å². The Bertz CT molecular complexity index is 949. The third kappa shape index (κ3) is 4.48. The van der Waals surface area contributed by atoms with Crippen molar-refractivity contribution in [3.05, 3.63) is 53.8 Å².